The third-order valence-corrected chi connectivity index (χ3v) is 2.43. The molecule has 0 radical (unpaired) electrons. The number of carbonyl (C=O) groups excluding carboxylic acids is 1. The molecular formula is C12H17FN2O2. The molecule has 1 atom stereocenters. The van der Waals surface area contributed by atoms with Gasteiger partial charge in [-0.1, -0.05) is 12.1 Å². The molecule has 17 heavy (non-hydrogen) atoms. The Morgan fingerprint density at radius 2 is 1.94 bits per heavy atom. The first-order chi connectivity index (χ1) is 7.91. The highest BCUT2D eigenvalue weighted by Crippen LogP contribution is 2.19. The fraction of sp³-hybridized carbons (Fsp3) is 0.417. The van der Waals surface area contributed by atoms with E-state index in [0.29, 0.717) is 11.1 Å². The average Bonchev–Trinajstić information content (AvgIpc) is 2.24. The number of nitrogens with two attached hydrogens (primary N) is 2. The predicted octanol–water partition coefficient (Wildman–Crippen LogP) is 0.944. The zero-order chi connectivity index (χ0) is 13.0. The molecule has 0 heterocycles. The smallest absolute Gasteiger partial charge is 0.243 e. The van der Waals surface area contributed by atoms with Crippen LogP contribution >= 0.6 is 0 Å². The number of hydrogen-bond acceptors (Lipinski definition) is 3. The topological polar surface area (TPSA) is 78.3 Å². The van der Waals surface area contributed by atoms with Crippen LogP contribution in [0, 0.1) is 19.7 Å². The van der Waals surface area contributed by atoms with Crippen LogP contribution in [0.15, 0.2) is 12.1 Å². The van der Waals surface area contributed by atoms with Crippen LogP contribution in [0.5, 0.6) is 0 Å². The Labute approximate surface area is 99.7 Å². The summed E-state index contributed by atoms with van der Waals surface area (Å²) in [6, 6.07) is 2.97. The molecule has 94 valence electrons. The van der Waals surface area contributed by atoms with Gasteiger partial charge in [0.2, 0.25) is 5.91 Å². The fourth-order valence-electron chi connectivity index (χ4n) is 1.58. The molecule has 1 aromatic carbocycles. The highest BCUT2D eigenvalue weighted by molar-refractivity contribution is 5.74. The van der Waals surface area contributed by atoms with E-state index in [1.54, 1.807) is 26.0 Å². The number of amides is 1. The van der Waals surface area contributed by atoms with Gasteiger partial charge >= 0.3 is 0 Å². The molecule has 4 nitrogen and oxygen atoms in total. The summed E-state index contributed by atoms with van der Waals surface area (Å²) in [6.07, 6.45) is 0. The first-order valence-corrected chi connectivity index (χ1v) is 5.30. The molecule has 0 bridgehead atoms. The van der Waals surface area contributed by atoms with E-state index < -0.39 is 11.9 Å². The van der Waals surface area contributed by atoms with Crippen LogP contribution in [0.2, 0.25) is 0 Å². The van der Waals surface area contributed by atoms with Crippen LogP contribution in [-0.4, -0.2) is 19.1 Å². The summed E-state index contributed by atoms with van der Waals surface area (Å²) >= 11 is 0. The molecule has 1 amide bonds. The summed E-state index contributed by atoms with van der Waals surface area (Å²) < 4.78 is 18.4. The molecule has 0 aliphatic carbocycles. The van der Waals surface area contributed by atoms with Gasteiger partial charge in [0.1, 0.15) is 12.4 Å². The maximum absolute atomic E-state index is 13.4. The molecular weight excluding hydrogens is 223 g/mol. The molecule has 0 aliphatic rings. The van der Waals surface area contributed by atoms with Crippen LogP contribution in [0.4, 0.5) is 4.39 Å². The van der Waals surface area contributed by atoms with Gasteiger partial charge in [-0.25, -0.2) is 4.39 Å². The minimum atomic E-state index is -0.538. The van der Waals surface area contributed by atoms with E-state index in [-0.39, 0.29) is 19.0 Å². The standard InChI is InChI=1S/C12H17FN2O2/c1-7-3-9(4-8(2)12(7)13)10(14)5-17-6-11(15)16/h3-4,10H,5-6,14H2,1-2H3,(H2,15,16). The van der Waals surface area contributed by atoms with Crippen molar-refractivity contribution < 1.29 is 13.9 Å². The van der Waals surface area contributed by atoms with E-state index >= 15 is 0 Å². The van der Waals surface area contributed by atoms with E-state index in [1.807, 2.05) is 0 Å². The van der Waals surface area contributed by atoms with Gasteiger partial charge in [-0.3, -0.25) is 4.79 Å². The van der Waals surface area contributed by atoms with E-state index in [1.165, 1.54) is 0 Å². The van der Waals surface area contributed by atoms with E-state index in [2.05, 4.69) is 0 Å². The Morgan fingerprint density at radius 1 is 1.41 bits per heavy atom. The van der Waals surface area contributed by atoms with Gasteiger partial charge in [0.15, 0.2) is 0 Å². The molecule has 0 spiro atoms. The minimum absolute atomic E-state index is 0.160. The summed E-state index contributed by atoms with van der Waals surface area (Å²) in [5.41, 5.74) is 12.7. The van der Waals surface area contributed by atoms with Crippen LogP contribution in [0.1, 0.15) is 22.7 Å². The van der Waals surface area contributed by atoms with Crippen molar-refractivity contribution in [1.82, 2.24) is 0 Å². The Morgan fingerprint density at radius 3 is 2.41 bits per heavy atom. The number of primary amides is 1. The lowest BCUT2D eigenvalue weighted by atomic mass is 10.0. The van der Waals surface area contributed by atoms with Crippen molar-refractivity contribution in [3.63, 3.8) is 0 Å². The van der Waals surface area contributed by atoms with Crippen molar-refractivity contribution in [2.45, 2.75) is 19.9 Å². The van der Waals surface area contributed by atoms with Crippen molar-refractivity contribution >= 4 is 5.91 Å². The summed E-state index contributed by atoms with van der Waals surface area (Å²) in [4.78, 5) is 10.5. The van der Waals surface area contributed by atoms with Crippen molar-refractivity contribution in [2.75, 3.05) is 13.2 Å². The second-order valence-electron chi connectivity index (χ2n) is 4.06. The normalized spacial score (nSPS) is 12.5. The minimum Gasteiger partial charge on any atom is -0.370 e. The first kappa shape index (κ1) is 13.6. The highest BCUT2D eigenvalue weighted by Gasteiger charge is 2.11. The zero-order valence-corrected chi connectivity index (χ0v) is 10.00. The summed E-state index contributed by atoms with van der Waals surface area (Å²) in [7, 11) is 0. The third kappa shape index (κ3) is 3.80. The highest BCUT2D eigenvalue weighted by atomic mass is 19.1. The fourth-order valence-corrected chi connectivity index (χ4v) is 1.58. The lowest BCUT2D eigenvalue weighted by molar-refractivity contribution is -0.122. The number of halogens is 1. The van der Waals surface area contributed by atoms with Crippen molar-refractivity contribution in [2.24, 2.45) is 11.5 Å². The lowest BCUT2D eigenvalue weighted by Gasteiger charge is -2.14. The molecule has 4 N–H and O–H groups in total. The average molecular weight is 240 g/mol. The van der Waals surface area contributed by atoms with Gasteiger partial charge < -0.3 is 16.2 Å². The van der Waals surface area contributed by atoms with Crippen molar-refractivity contribution in [3.8, 4) is 0 Å². The molecule has 0 saturated carbocycles. The van der Waals surface area contributed by atoms with Gasteiger partial charge in [0.05, 0.1) is 12.6 Å². The number of ether oxygens (including phenoxy) is 1. The van der Waals surface area contributed by atoms with Gasteiger partial charge in [-0.15, -0.1) is 0 Å². The lowest BCUT2D eigenvalue weighted by Crippen LogP contribution is -2.23. The van der Waals surface area contributed by atoms with Crippen LogP contribution in [0.3, 0.4) is 0 Å². The molecule has 0 aromatic heterocycles. The molecule has 5 heteroatoms. The first-order valence-electron chi connectivity index (χ1n) is 5.30. The predicted molar refractivity (Wildman–Crippen MR) is 62.8 cm³/mol. The van der Waals surface area contributed by atoms with E-state index in [0.717, 1.165) is 5.56 Å². The maximum Gasteiger partial charge on any atom is 0.243 e. The van der Waals surface area contributed by atoms with Gasteiger partial charge in [0, 0.05) is 0 Å². The Balaban J connectivity index is 2.69. The number of carbonyl (C=O) groups is 1. The van der Waals surface area contributed by atoms with Crippen LogP contribution in [-0.2, 0) is 9.53 Å². The van der Waals surface area contributed by atoms with E-state index in [9.17, 15) is 9.18 Å². The summed E-state index contributed by atoms with van der Waals surface area (Å²) in [5.74, 6) is -0.761. The quantitative estimate of drug-likeness (QED) is 0.804. The van der Waals surface area contributed by atoms with Crippen molar-refractivity contribution in [1.29, 1.82) is 0 Å². The molecule has 1 aromatic rings. The second-order valence-corrected chi connectivity index (χ2v) is 4.06. The second kappa shape index (κ2) is 5.75. The molecule has 0 saturated heterocycles. The van der Waals surface area contributed by atoms with Crippen molar-refractivity contribution in [3.05, 3.63) is 34.6 Å². The zero-order valence-electron chi connectivity index (χ0n) is 10.00. The van der Waals surface area contributed by atoms with Gasteiger partial charge in [-0.2, -0.15) is 0 Å². The SMILES string of the molecule is Cc1cc(C(N)COCC(N)=O)cc(C)c1F. The van der Waals surface area contributed by atoms with Gasteiger partial charge in [0.25, 0.3) is 0 Å². The molecule has 1 rings (SSSR count). The number of rotatable bonds is 5. The largest absolute Gasteiger partial charge is 0.370 e. The Bertz CT molecular complexity index is 398. The summed E-state index contributed by atoms with van der Waals surface area (Å²) in [5, 5.41) is 0. The van der Waals surface area contributed by atoms with E-state index in [4.69, 9.17) is 16.2 Å². The molecule has 0 aliphatic heterocycles. The van der Waals surface area contributed by atoms with Crippen LogP contribution in [0.25, 0.3) is 0 Å². The van der Waals surface area contributed by atoms with Crippen LogP contribution < -0.4 is 11.5 Å². The number of hydrogen-bond donors (Lipinski definition) is 2. The molecule has 1 unspecified atom stereocenters. The van der Waals surface area contributed by atoms with Gasteiger partial charge in [-0.05, 0) is 30.5 Å². The summed E-state index contributed by atoms with van der Waals surface area (Å²) in [6.45, 7) is 3.38. The molecule has 0 fully saturated rings. The Hall–Kier alpha value is -1.46. The monoisotopic (exact) mass is 240 g/mol. The third-order valence-electron chi connectivity index (χ3n) is 2.43. The number of aryl methyl sites for hydroxylation is 2. The Kier molecular flexibility index (Phi) is 4.60. The maximum atomic E-state index is 13.4. The number of benzene rings is 1.